The van der Waals surface area contributed by atoms with E-state index >= 15 is 0 Å². The molecule has 0 aliphatic carbocycles. The number of rotatable bonds is 3. The van der Waals surface area contributed by atoms with Crippen molar-refractivity contribution in [1.29, 1.82) is 0 Å². The van der Waals surface area contributed by atoms with Crippen LogP contribution in [-0.2, 0) is 11.2 Å². The van der Waals surface area contributed by atoms with Gasteiger partial charge in [-0.3, -0.25) is 4.79 Å². The third-order valence-electron chi connectivity index (χ3n) is 1.98. The van der Waals surface area contributed by atoms with Gasteiger partial charge in [-0.2, -0.15) is 0 Å². The third kappa shape index (κ3) is 2.58. The van der Waals surface area contributed by atoms with Gasteiger partial charge in [0.15, 0.2) is 0 Å². The highest BCUT2D eigenvalue weighted by Crippen LogP contribution is 2.21. The van der Waals surface area contributed by atoms with Crippen molar-refractivity contribution in [1.82, 2.24) is 0 Å². The monoisotopic (exact) mass is 177 g/mol. The summed E-state index contributed by atoms with van der Waals surface area (Å²) in [6.45, 7) is 3.44. The minimum Gasteiger partial charge on any atom is -0.481 e. The molecule has 0 spiro atoms. The van der Waals surface area contributed by atoms with Crippen molar-refractivity contribution < 1.29 is 9.90 Å². The Kier molecular flexibility index (Phi) is 2.71. The Morgan fingerprint density at radius 1 is 1.54 bits per heavy atom. The first-order chi connectivity index (χ1) is 6.02. The number of hydrogen-bond donors (Lipinski definition) is 1. The highest BCUT2D eigenvalue weighted by atomic mass is 16.4. The van der Waals surface area contributed by atoms with Gasteiger partial charge >= 0.3 is 5.97 Å². The molecule has 0 aliphatic rings. The maximum Gasteiger partial charge on any atom is 0.309 e. The van der Waals surface area contributed by atoms with Gasteiger partial charge in [0.05, 0.1) is 5.41 Å². The number of hydrogen-bond acceptors (Lipinski definition) is 1. The smallest absolute Gasteiger partial charge is 0.309 e. The Labute approximate surface area is 78.2 Å². The summed E-state index contributed by atoms with van der Waals surface area (Å²) < 4.78 is 0. The van der Waals surface area contributed by atoms with Crippen LogP contribution in [-0.4, -0.2) is 11.1 Å². The summed E-state index contributed by atoms with van der Waals surface area (Å²) in [5.41, 5.74) is 0.229. The van der Waals surface area contributed by atoms with Crippen molar-refractivity contribution in [3.63, 3.8) is 0 Å². The summed E-state index contributed by atoms with van der Waals surface area (Å²) in [6, 6.07) is 10.5. The highest BCUT2D eigenvalue weighted by molar-refractivity contribution is 5.74. The molecule has 0 bridgehead atoms. The van der Waals surface area contributed by atoms with Crippen LogP contribution in [0, 0.1) is 11.5 Å². The van der Waals surface area contributed by atoms with E-state index in [4.69, 9.17) is 5.11 Å². The Morgan fingerprint density at radius 2 is 2.23 bits per heavy atom. The van der Waals surface area contributed by atoms with E-state index in [1.165, 1.54) is 0 Å². The largest absolute Gasteiger partial charge is 0.481 e. The lowest BCUT2D eigenvalue weighted by Crippen LogP contribution is -2.26. The van der Waals surface area contributed by atoms with Crippen molar-refractivity contribution in [2.24, 2.45) is 5.41 Å². The zero-order valence-electron chi connectivity index (χ0n) is 7.87. The van der Waals surface area contributed by atoms with Crippen molar-refractivity contribution >= 4 is 5.97 Å². The summed E-state index contributed by atoms with van der Waals surface area (Å²) in [5.74, 6) is -0.773. The van der Waals surface area contributed by atoms with Gasteiger partial charge in [-0.1, -0.05) is 24.3 Å². The van der Waals surface area contributed by atoms with Gasteiger partial charge in [-0.25, -0.2) is 0 Å². The van der Waals surface area contributed by atoms with Crippen LogP contribution in [0.25, 0.3) is 0 Å². The van der Waals surface area contributed by atoms with E-state index in [-0.39, 0.29) is 0 Å². The molecule has 0 aliphatic heterocycles. The quantitative estimate of drug-likeness (QED) is 0.768. The lowest BCUT2D eigenvalue weighted by Gasteiger charge is -2.18. The topological polar surface area (TPSA) is 37.3 Å². The number of benzene rings is 1. The van der Waals surface area contributed by atoms with Gasteiger partial charge in [0, 0.05) is 0 Å². The van der Waals surface area contributed by atoms with Gasteiger partial charge in [-0.05, 0) is 31.9 Å². The SMILES string of the molecule is CC(C)(Cc1[c]cccc1)C(=O)O. The van der Waals surface area contributed by atoms with Crippen LogP contribution in [0.4, 0.5) is 0 Å². The maximum atomic E-state index is 10.8. The minimum atomic E-state index is -0.773. The lowest BCUT2D eigenvalue weighted by molar-refractivity contribution is -0.146. The Bertz CT molecular complexity index is 288. The molecule has 1 rings (SSSR count). The first-order valence-corrected chi connectivity index (χ1v) is 4.21. The summed E-state index contributed by atoms with van der Waals surface area (Å²) >= 11 is 0. The Hall–Kier alpha value is -1.31. The number of carboxylic acid groups (broad SMARTS) is 1. The molecule has 0 saturated carbocycles. The zero-order valence-corrected chi connectivity index (χ0v) is 7.87. The molecule has 0 fully saturated rings. The van der Waals surface area contributed by atoms with Crippen LogP contribution in [0.3, 0.4) is 0 Å². The fraction of sp³-hybridized carbons (Fsp3) is 0.364. The molecular formula is C11H13O2. The Balaban J connectivity index is 2.75. The van der Waals surface area contributed by atoms with Crippen molar-refractivity contribution in [2.75, 3.05) is 0 Å². The molecule has 1 radical (unpaired) electrons. The van der Waals surface area contributed by atoms with Crippen LogP contribution in [0.1, 0.15) is 19.4 Å². The molecule has 1 aromatic rings. The fourth-order valence-electron chi connectivity index (χ4n) is 1.09. The molecule has 0 aromatic heterocycles. The zero-order chi connectivity index (χ0) is 9.90. The second kappa shape index (κ2) is 3.60. The molecular weight excluding hydrogens is 164 g/mol. The Morgan fingerprint density at radius 3 is 2.69 bits per heavy atom. The van der Waals surface area contributed by atoms with Crippen LogP contribution in [0.2, 0.25) is 0 Å². The highest BCUT2D eigenvalue weighted by Gasteiger charge is 2.26. The van der Waals surface area contributed by atoms with E-state index < -0.39 is 11.4 Å². The first kappa shape index (κ1) is 9.78. The molecule has 0 saturated heterocycles. The fourth-order valence-corrected chi connectivity index (χ4v) is 1.09. The van der Waals surface area contributed by atoms with Gasteiger partial charge in [-0.15, -0.1) is 0 Å². The molecule has 2 heteroatoms. The standard InChI is InChI=1S/C11H13O2/c1-11(2,10(12)13)8-9-6-4-3-5-7-9/h3-6H,8H2,1-2H3,(H,12,13). The number of aliphatic carboxylic acids is 1. The third-order valence-corrected chi connectivity index (χ3v) is 1.98. The van der Waals surface area contributed by atoms with E-state index in [2.05, 4.69) is 6.07 Å². The van der Waals surface area contributed by atoms with E-state index in [1.54, 1.807) is 19.9 Å². The van der Waals surface area contributed by atoms with Crippen LogP contribution in [0.15, 0.2) is 24.3 Å². The average Bonchev–Trinajstić information content (AvgIpc) is 2.05. The van der Waals surface area contributed by atoms with Crippen molar-refractivity contribution in [3.8, 4) is 0 Å². The summed E-state index contributed by atoms with van der Waals surface area (Å²) in [7, 11) is 0. The van der Waals surface area contributed by atoms with Crippen molar-refractivity contribution in [3.05, 3.63) is 35.9 Å². The normalized spacial score (nSPS) is 11.2. The van der Waals surface area contributed by atoms with Gasteiger partial charge < -0.3 is 5.11 Å². The van der Waals surface area contributed by atoms with E-state index in [0.717, 1.165) is 5.56 Å². The minimum absolute atomic E-state index is 0.517. The first-order valence-electron chi connectivity index (χ1n) is 4.21. The number of carboxylic acids is 1. The van der Waals surface area contributed by atoms with Gasteiger partial charge in [0.2, 0.25) is 0 Å². The van der Waals surface area contributed by atoms with E-state index in [1.807, 2.05) is 18.2 Å². The number of carbonyl (C=O) groups is 1. The molecule has 1 aromatic carbocycles. The molecule has 2 nitrogen and oxygen atoms in total. The predicted molar refractivity (Wildman–Crippen MR) is 50.4 cm³/mol. The lowest BCUT2D eigenvalue weighted by atomic mass is 9.86. The summed E-state index contributed by atoms with van der Waals surface area (Å²) in [6.07, 6.45) is 0.517. The van der Waals surface area contributed by atoms with E-state index in [0.29, 0.717) is 6.42 Å². The average molecular weight is 177 g/mol. The molecule has 0 heterocycles. The van der Waals surface area contributed by atoms with Gasteiger partial charge in [0.25, 0.3) is 0 Å². The van der Waals surface area contributed by atoms with Crippen LogP contribution in [0.5, 0.6) is 0 Å². The van der Waals surface area contributed by atoms with Crippen LogP contribution >= 0.6 is 0 Å². The second-order valence-electron chi connectivity index (χ2n) is 3.75. The molecule has 0 amide bonds. The predicted octanol–water partition coefficient (Wildman–Crippen LogP) is 2.14. The molecule has 0 unspecified atom stereocenters. The second-order valence-corrected chi connectivity index (χ2v) is 3.75. The van der Waals surface area contributed by atoms with Crippen LogP contribution < -0.4 is 0 Å². The van der Waals surface area contributed by atoms with E-state index in [9.17, 15) is 4.79 Å². The molecule has 13 heavy (non-hydrogen) atoms. The summed E-state index contributed by atoms with van der Waals surface area (Å²) in [5, 5.41) is 8.89. The molecule has 1 N–H and O–H groups in total. The molecule has 0 atom stereocenters. The van der Waals surface area contributed by atoms with Gasteiger partial charge in [0.1, 0.15) is 0 Å². The maximum absolute atomic E-state index is 10.8. The molecule has 69 valence electrons. The van der Waals surface area contributed by atoms with Crippen molar-refractivity contribution in [2.45, 2.75) is 20.3 Å². The summed E-state index contributed by atoms with van der Waals surface area (Å²) in [4.78, 5) is 10.8.